The average Bonchev–Trinajstić information content (AvgIpc) is 2.91. The molecule has 2 heterocycles. The van der Waals surface area contributed by atoms with Crippen molar-refractivity contribution >= 4 is 11.0 Å². The van der Waals surface area contributed by atoms with E-state index < -0.39 is 0 Å². The third-order valence-corrected chi connectivity index (χ3v) is 3.17. The number of benzene rings is 1. The smallest absolute Gasteiger partial charge is 0.134 e. The number of aryl methyl sites for hydroxylation is 2. The zero-order valence-electron chi connectivity index (χ0n) is 10.4. The molecule has 3 aromatic rings. The van der Waals surface area contributed by atoms with Gasteiger partial charge in [-0.2, -0.15) is 0 Å². The first-order chi connectivity index (χ1) is 8.65. The molecule has 1 atom stereocenters. The first-order valence-corrected chi connectivity index (χ1v) is 5.96. The number of rotatable bonds is 2. The highest BCUT2D eigenvalue weighted by Crippen LogP contribution is 2.29. The largest absolute Gasteiger partial charge is 0.466 e. The van der Waals surface area contributed by atoms with Gasteiger partial charge in [-0.05, 0) is 32.0 Å². The summed E-state index contributed by atoms with van der Waals surface area (Å²) < 4.78 is 11.3. The molecule has 0 radical (unpaired) electrons. The van der Waals surface area contributed by atoms with Crippen LogP contribution in [0.1, 0.15) is 28.9 Å². The van der Waals surface area contributed by atoms with E-state index in [2.05, 4.69) is 0 Å². The first kappa shape index (κ1) is 11.1. The summed E-state index contributed by atoms with van der Waals surface area (Å²) >= 11 is 0. The molecule has 0 aliphatic carbocycles. The fraction of sp³-hybridized carbons (Fsp3) is 0.200. The summed E-state index contributed by atoms with van der Waals surface area (Å²) in [6.07, 6.45) is 0. The number of hydrogen-bond donors (Lipinski definition) is 1. The fourth-order valence-electron chi connectivity index (χ4n) is 2.27. The Kier molecular flexibility index (Phi) is 2.49. The Morgan fingerprint density at radius 2 is 1.83 bits per heavy atom. The number of furan rings is 2. The molecule has 3 heteroatoms. The lowest BCUT2D eigenvalue weighted by atomic mass is 10.1. The molecule has 0 spiro atoms. The van der Waals surface area contributed by atoms with E-state index in [9.17, 15) is 0 Å². The second-order valence-corrected chi connectivity index (χ2v) is 4.53. The summed E-state index contributed by atoms with van der Waals surface area (Å²) in [7, 11) is 0. The minimum Gasteiger partial charge on any atom is -0.466 e. The van der Waals surface area contributed by atoms with E-state index in [1.165, 1.54) is 0 Å². The van der Waals surface area contributed by atoms with Crippen LogP contribution >= 0.6 is 0 Å². The number of fused-ring (bicyclic) bond motifs is 1. The summed E-state index contributed by atoms with van der Waals surface area (Å²) in [6, 6.07) is 11.6. The lowest BCUT2D eigenvalue weighted by Crippen LogP contribution is -2.10. The molecule has 2 aromatic heterocycles. The van der Waals surface area contributed by atoms with E-state index >= 15 is 0 Å². The normalized spacial score (nSPS) is 13.1. The van der Waals surface area contributed by atoms with Crippen molar-refractivity contribution in [2.75, 3.05) is 0 Å². The van der Waals surface area contributed by atoms with E-state index in [1.807, 2.05) is 50.2 Å². The van der Waals surface area contributed by atoms with Crippen LogP contribution in [-0.4, -0.2) is 0 Å². The fourth-order valence-corrected chi connectivity index (χ4v) is 2.27. The molecule has 0 amide bonds. The molecule has 18 heavy (non-hydrogen) atoms. The average molecular weight is 241 g/mol. The minimum absolute atomic E-state index is 0.283. The van der Waals surface area contributed by atoms with Crippen LogP contribution in [0, 0.1) is 13.8 Å². The Morgan fingerprint density at radius 3 is 2.50 bits per heavy atom. The third kappa shape index (κ3) is 1.73. The molecule has 92 valence electrons. The van der Waals surface area contributed by atoms with E-state index in [0.29, 0.717) is 0 Å². The molecule has 1 aromatic carbocycles. The van der Waals surface area contributed by atoms with Crippen LogP contribution in [0.4, 0.5) is 0 Å². The Balaban J connectivity index is 2.06. The van der Waals surface area contributed by atoms with Crippen LogP contribution in [0.15, 0.2) is 45.2 Å². The van der Waals surface area contributed by atoms with Crippen molar-refractivity contribution in [1.82, 2.24) is 0 Å². The van der Waals surface area contributed by atoms with Gasteiger partial charge in [0.2, 0.25) is 0 Å². The van der Waals surface area contributed by atoms with Gasteiger partial charge in [0, 0.05) is 10.9 Å². The molecule has 0 bridgehead atoms. The Morgan fingerprint density at radius 1 is 1.06 bits per heavy atom. The first-order valence-electron chi connectivity index (χ1n) is 5.96. The van der Waals surface area contributed by atoms with Gasteiger partial charge in [-0.25, -0.2) is 0 Å². The molecule has 3 rings (SSSR count). The van der Waals surface area contributed by atoms with Crippen molar-refractivity contribution in [2.45, 2.75) is 19.9 Å². The van der Waals surface area contributed by atoms with Crippen LogP contribution < -0.4 is 5.73 Å². The highest BCUT2D eigenvalue weighted by Gasteiger charge is 2.18. The van der Waals surface area contributed by atoms with Crippen LogP contribution in [0.3, 0.4) is 0 Å². The van der Waals surface area contributed by atoms with Crippen molar-refractivity contribution < 1.29 is 8.83 Å². The molecule has 0 saturated heterocycles. The van der Waals surface area contributed by atoms with Crippen LogP contribution in [-0.2, 0) is 0 Å². The maximum absolute atomic E-state index is 6.24. The maximum Gasteiger partial charge on any atom is 0.134 e. The molecule has 1 unspecified atom stereocenters. The van der Waals surface area contributed by atoms with E-state index in [4.69, 9.17) is 14.6 Å². The Labute approximate surface area is 105 Å². The van der Waals surface area contributed by atoms with Gasteiger partial charge < -0.3 is 14.6 Å². The van der Waals surface area contributed by atoms with E-state index in [1.54, 1.807) is 0 Å². The zero-order valence-corrected chi connectivity index (χ0v) is 10.4. The van der Waals surface area contributed by atoms with Gasteiger partial charge in [0.25, 0.3) is 0 Å². The van der Waals surface area contributed by atoms with Crippen molar-refractivity contribution in [3.63, 3.8) is 0 Å². The Bertz CT molecular complexity index is 660. The summed E-state index contributed by atoms with van der Waals surface area (Å²) in [5.74, 6) is 2.48. The summed E-state index contributed by atoms with van der Waals surface area (Å²) in [5.41, 5.74) is 8.08. The van der Waals surface area contributed by atoms with Crippen molar-refractivity contribution in [3.8, 4) is 0 Å². The number of para-hydroxylation sites is 1. The predicted molar refractivity (Wildman–Crippen MR) is 70.4 cm³/mol. The zero-order chi connectivity index (χ0) is 12.7. The topological polar surface area (TPSA) is 52.3 Å². The van der Waals surface area contributed by atoms with Gasteiger partial charge in [-0.1, -0.05) is 18.2 Å². The summed E-state index contributed by atoms with van der Waals surface area (Å²) in [5, 5.41) is 1.07. The van der Waals surface area contributed by atoms with E-state index in [-0.39, 0.29) is 6.04 Å². The van der Waals surface area contributed by atoms with E-state index in [0.717, 1.165) is 33.8 Å². The van der Waals surface area contributed by atoms with Crippen molar-refractivity contribution in [2.24, 2.45) is 5.73 Å². The van der Waals surface area contributed by atoms with Crippen LogP contribution in [0.25, 0.3) is 11.0 Å². The third-order valence-electron chi connectivity index (χ3n) is 3.17. The molecule has 3 nitrogen and oxygen atoms in total. The van der Waals surface area contributed by atoms with Gasteiger partial charge in [0.05, 0.1) is 6.04 Å². The molecular weight excluding hydrogens is 226 g/mol. The second kappa shape index (κ2) is 4.03. The van der Waals surface area contributed by atoms with Gasteiger partial charge in [0.15, 0.2) is 0 Å². The number of hydrogen-bond acceptors (Lipinski definition) is 3. The number of nitrogens with two attached hydrogens (primary N) is 1. The maximum atomic E-state index is 6.24. The van der Waals surface area contributed by atoms with Gasteiger partial charge in [-0.15, -0.1) is 0 Å². The second-order valence-electron chi connectivity index (χ2n) is 4.53. The SMILES string of the molecule is Cc1cc(C(N)c2cc3ccccc3o2)c(C)o1. The van der Waals surface area contributed by atoms with Crippen molar-refractivity contribution in [1.29, 1.82) is 0 Å². The molecule has 0 aliphatic heterocycles. The van der Waals surface area contributed by atoms with Gasteiger partial charge in [-0.3, -0.25) is 0 Å². The Hall–Kier alpha value is -2.00. The molecule has 2 N–H and O–H groups in total. The highest BCUT2D eigenvalue weighted by molar-refractivity contribution is 5.77. The highest BCUT2D eigenvalue weighted by atomic mass is 16.3. The summed E-state index contributed by atoms with van der Waals surface area (Å²) in [4.78, 5) is 0. The standard InChI is InChI=1S/C15H15NO2/c1-9-7-12(10(2)17-9)15(16)14-8-11-5-3-4-6-13(11)18-14/h3-8,15H,16H2,1-2H3. The quantitative estimate of drug-likeness (QED) is 0.744. The molecular formula is C15H15NO2. The monoisotopic (exact) mass is 241 g/mol. The predicted octanol–water partition coefficient (Wildman–Crippen LogP) is 3.69. The molecule has 0 aliphatic rings. The van der Waals surface area contributed by atoms with Crippen LogP contribution in [0.5, 0.6) is 0 Å². The molecule has 0 fully saturated rings. The minimum atomic E-state index is -0.283. The molecule has 0 saturated carbocycles. The van der Waals surface area contributed by atoms with Crippen LogP contribution in [0.2, 0.25) is 0 Å². The van der Waals surface area contributed by atoms with Gasteiger partial charge >= 0.3 is 0 Å². The van der Waals surface area contributed by atoms with Gasteiger partial charge in [0.1, 0.15) is 22.9 Å². The lowest BCUT2D eigenvalue weighted by molar-refractivity contribution is 0.489. The summed E-state index contributed by atoms with van der Waals surface area (Å²) in [6.45, 7) is 3.84. The van der Waals surface area contributed by atoms with Crippen molar-refractivity contribution in [3.05, 3.63) is 59.2 Å². The lowest BCUT2D eigenvalue weighted by Gasteiger charge is -2.06.